The lowest BCUT2D eigenvalue weighted by Crippen LogP contribution is -1.89. The summed E-state index contributed by atoms with van der Waals surface area (Å²) < 4.78 is 3.49. The van der Waals surface area contributed by atoms with E-state index < -0.39 is 0 Å². The molecule has 0 saturated heterocycles. The van der Waals surface area contributed by atoms with Gasteiger partial charge in [0.2, 0.25) is 0 Å². The first-order valence-corrected chi connectivity index (χ1v) is 5.05. The smallest absolute Gasteiger partial charge is 0.170 e. The molecule has 6 heteroatoms. The summed E-state index contributed by atoms with van der Waals surface area (Å²) in [5.74, 6) is 0. The molecule has 0 saturated carbocycles. The fourth-order valence-corrected chi connectivity index (χ4v) is 1.68. The Morgan fingerprint density at radius 1 is 1.24 bits per heavy atom. The van der Waals surface area contributed by atoms with Crippen molar-refractivity contribution >= 4 is 11.9 Å². The predicted octanol–water partition coefficient (Wildman–Crippen LogP) is 0.942. The summed E-state index contributed by atoms with van der Waals surface area (Å²) in [4.78, 5) is 19.0. The molecular formula is C11H9N5O. The molecule has 6 nitrogen and oxygen atoms in total. The van der Waals surface area contributed by atoms with Crippen LogP contribution in [0, 0.1) is 0 Å². The zero-order valence-corrected chi connectivity index (χ0v) is 9.11. The standard InChI is InChI=1S/C11H9N5O/c1-15-4-8(2-13-15)10-6-16-5-9(7-17)14-11(16)3-12-10/h2-7H,1H3. The van der Waals surface area contributed by atoms with Gasteiger partial charge in [-0.15, -0.1) is 0 Å². The molecule has 3 rings (SSSR count). The Morgan fingerprint density at radius 3 is 2.82 bits per heavy atom. The second kappa shape index (κ2) is 3.51. The third kappa shape index (κ3) is 1.59. The molecule has 3 aromatic rings. The fraction of sp³-hybridized carbons (Fsp3) is 0.0909. The maximum atomic E-state index is 10.6. The summed E-state index contributed by atoms with van der Waals surface area (Å²) in [5.41, 5.74) is 2.77. The molecule has 0 fully saturated rings. The topological polar surface area (TPSA) is 65.1 Å². The lowest BCUT2D eigenvalue weighted by molar-refractivity contribution is 0.111. The Labute approximate surface area is 96.5 Å². The van der Waals surface area contributed by atoms with Gasteiger partial charge >= 0.3 is 0 Å². The monoisotopic (exact) mass is 227 g/mol. The molecule has 0 atom stereocenters. The van der Waals surface area contributed by atoms with Gasteiger partial charge in [0.05, 0.1) is 18.1 Å². The van der Waals surface area contributed by atoms with E-state index in [2.05, 4.69) is 15.1 Å². The van der Waals surface area contributed by atoms with E-state index in [0.29, 0.717) is 11.3 Å². The third-order valence-corrected chi connectivity index (χ3v) is 2.48. The SMILES string of the molecule is Cn1cc(-c2cn3cc(C=O)nc3cn2)cn1. The molecule has 0 radical (unpaired) electrons. The van der Waals surface area contributed by atoms with Crippen LogP contribution in [0.15, 0.2) is 31.0 Å². The minimum Gasteiger partial charge on any atom is -0.303 e. The molecule has 84 valence electrons. The molecule has 0 N–H and O–H groups in total. The lowest BCUT2D eigenvalue weighted by Gasteiger charge is -1.97. The molecule has 0 aliphatic heterocycles. The Morgan fingerprint density at radius 2 is 2.12 bits per heavy atom. The molecule has 0 spiro atoms. The Balaban J connectivity index is 2.15. The summed E-state index contributed by atoms with van der Waals surface area (Å²) >= 11 is 0. The van der Waals surface area contributed by atoms with E-state index in [1.807, 2.05) is 19.4 Å². The largest absolute Gasteiger partial charge is 0.303 e. The van der Waals surface area contributed by atoms with Crippen LogP contribution in [-0.2, 0) is 7.05 Å². The second-order valence-electron chi connectivity index (χ2n) is 3.72. The van der Waals surface area contributed by atoms with E-state index >= 15 is 0 Å². The summed E-state index contributed by atoms with van der Waals surface area (Å²) in [5, 5.41) is 4.09. The van der Waals surface area contributed by atoms with Crippen LogP contribution in [0.4, 0.5) is 0 Å². The van der Waals surface area contributed by atoms with E-state index in [1.54, 1.807) is 27.7 Å². The Bertz CT molecular complexity index is 697. The van der Waals surface area contributed by atoms with Crippen molar-refractivity contribution < 1.29 is 4.79 Å². The molecule has 0 amide bonds. The van der Waals surface area contributed by atoms with Gasteiger partial charge in [-0.3, -0.25) is 14.5 Å². The van der Waals surface area contributed by atoms with Crippen molar-refractivity contribution in [3.05, 3.63) is 36.7 Å². The van der Waals surface area contributed by atoms with Crippen LogP contribution < -0.4 is 0 Å². The van der Waals surface area contributed by atoms with Crippen LogP contribution in [0.3, 0.4) is 0 Å². The van der Waals surface area contributed by atoms with Crippen LogP contribution in [-0.4, -0.2) is 30.4 Å². The van der Waals surface area contributed by atoms with Crippen molar-refractivity contribution in [3.8, 4) is 11.3 Å². The van der Waals surface area contributed by atoms with Gasteiger partial charge in [0.25, 0.3) is 0 Å². The molecule has 0 unspecified atom stereocenters. The highest BCUT2D eigenvalue weighted by atomic mass is 16.1. The quantitative estimate of drug-likeness (QED) is 0.611. The highest BCUT2D eigenvalue weighted by Crippen LogP contribution is 2.16. The molecule has 3 heterocycles. The Hall–Kier alpha value is -2.50. The van der Waals surface area contributed by atoms with Crippen LogP contribution in [0.2, 0.25) is 0 Å². The van der Waals surface area contributed by atoms with Gasteiger partial charge in [0.15, 0.2) is 11.9 Å². The van der Waals surface area contributed by atoms with Crippen LogP contribution in [0.25, 0.3) is 16.9 Å². The molecule has 0 aliphatic rings. The molecule has 0 aliphatic carbocycles. The van der Waals surface area contributed by atoms with E-state index in [-0.39, 0.29) is 0 Å². The highest BCUT2D eigenvalue weighted by molar-refractivity contribution is 5.73. The van der Waals surface area contributed by atoms with Crippen molar-refractivity contribution in [2.24, 2.45) is 7.05 Å². The average molecular weight is 227 g/mol. The second-order valence-corrected chi connectivity index (χ2v) is 3.72. The molecule has 0 aromatic carbocycles. The minimum atomic E-state index is 0.398. The number of imidazole rings is 1. The van der Waals surface area contributed by atoms with Gasteiger partial charge < -0.3 is 4.40 Å². The number of hydrogen-bond donors (Lipinski definition) is 0. The van der Waals surface area contributed by atoms with Crippen LogP contribution in [0.5, 0.6) is 0 Å². The van der Waals surface area contributed by atoms with Crippen molar-refractivity contribution in [3.63, 3.8) is 0 Å². The minimum absolute atomic E-state index is 0.398. The van der Waals surface area contributed by atoms with E-state index in [1.165, 1.54) is 0 Å². The molecule has 17 heavy (non-hydrogen) atoms. The van der Waals surface area contributed by atoms with Gasteiger partial charge in [-0.05, 0) is 0 Å². The van der Waals surface area contributed by atoms with Gasteiger partial charge in [0, 0.05) is 31.2 Å². The Kier molecular flexibility index (Phi) is 2.01. The number of rotatable bonds is 2. The molecular weight excluding hydrogens is 218 g/mol. The molecule has 0 bridgehead atoms. The summed E-state index contributed by atoms with van der Waals surface area (Å²) in [6.07, 6.45) is 9.47. The van der Waals surface area contributed by atoms with Crippen molar-refractivity contribution in [1.29, 1.82) is 0 Å². The number of carbonyl (C=O) groups excluding carboxylic acids is 1. The number of aldehydes is 1. The number of fused-ring (bicyclic) bond motifs is 1. The van der Waals surface area contributed by atoms with E-state index in [4.69, 9.17) is 0 Å². The number of hydrogen-bond acceptors (Lipinski definition) is 4. The summed E-state index contributed by atoms with van der Waals surface area (Å²) in [7, 11) is 1.85. The number of nitrogens with zero attached hydrogens (tertiary/aromatic N) is 5. The fourth-order valence-electron chi connectivity index (χ4n) is 1.68. The highest BCUT2D eigenvalue weighted by Gasteiger charge is 2.05. The van der Waals surface area contributed by atoms with Crippen molar-refractivity contribution in [1.82, 2.24) is 24.1 Å². The zero-order chi connectivity index (χ0) is 11.8. The number of aromatic nitrogens is 5. The van der Waals surface area contributed by atoms with E-state index in [0.717, 1.165) is 17.5 Å². The first kappa shape index (κ1) is 9.71. The summed E-state index contributed by atoms with van der Waals surface area (Å²) in [6, 6.07) is 0. The number of carbonyl (C=O) groups is 1. The third-order valence-electron chi connectivity index (χ3n) is 2.48. The van der Waals surface area contributed by atoms with E-state index in [9.17, 15) is 4.79 Å². The van der Waals surface area contributed by atoms with Crippen molar-refractivity contribution in [2.45, 2.75) is 0 Å². The normalized spacial score (nSPS) is 10.9. The molecule has 3 aromatic heterocycles. The zero-order valence-electron chi connectivity index (χ0n) is 9.11. The first-order chi connectivity index (χ1) is 8.26. The van der Waals surface area contributed by atoms with Gasteiger partial charge in [-0.25, -0.2) is 4.98 Å². The van der Waals surface area contributed by atoms with Crippen LogP contribution in [0.1, 0.15) is 10.5 Å². The van der Waals surface area contributed by atoms with Gasteiger partial charge in [0.1, 0.15) is 5.69 Å². The average Bonchev–Trinajstić information content (AvgIpc) is 2.93. The van der Waals surface area contributed by atoms with Gasteiger partial charge in [-0.2, -0.15) is 5.10 Å². The predicted molar refractivity (Wildman–Crippen MR) is 60.6 cm³/mol. The maximum Gasteiger partial charge on any atom is 0.170 e. The van der Waals surface area contributed by atoms with Gasteiger partial charge in [-0.1, -0.05) is 0 Å². The lowest BCUT2D eigenvalue weighted by atomic mass is 10.3. The van der Waals surface area contributed by atoms with Crippen molar-refractivity contribution in [2.75, 3.05) is 0 Å². The first-order valence-electron chi connectivity index (χ1n) is 5.05. The van der Waals surface area contributed by atoms with Crippen LogP contribution >= 0.6 is 0 Å². The number of aryl methyl sites for hydroxylation is 1. The maximum absolute atomic E-state index is 10.6. The summed E-state index contributed by atoms with van der Waals surface area (Å²) in [6.45, 7) is 0.